The van der Waals surface area contributed by atoms with Crippen LogP contribution in [0.4, 0.5) is 10.1 Å². The summed E-state index contributed by atoms with van der Waals surface area (Å²) < 4.78 is 20.7. The third-order valence-corrected chi connectivity index (χ3v) is 7.91. The molecular formula is C33H31FN8O2. The molecule has 1 fully saturated rings. The molecule has 0 spiro atoms. The number of aromatic amines is 2. The van der Waals surface area contributed by atoms with Crippen LogP contribution < -0.4 is 10.1 Å². The van der Waals surface area contributed by atoms with Crippen molar-refractivity contribution in [2.75, 3.05) is 31.6 Å². The van der Waals surface area contributed by atoms with Crippen molar-refractivity contribution in [1.29, 1.82) is 0 Å². The van der Waals surface area contributed by atoms with Gasteiger partial charge in [0.1, 0.15) is 23.9 Å². The molecular weight excluding hydrogens is 559 g/mol. The Labute approximate surface area is 252 Å². The van der Waals surface area contributed by atoms with E-state index in [1.54, 1.807) is 31.7 Å². The topological polar surface area (TPSA) is 125 Å². The molecule has 1 aliphatic heterocycles. The van der Waals surface area contributed by atoms with E-state index < -0.39 is 0 Å². The first kappa shape index (κ1) is 27.7. The van der Waals surface area contributed by atoms with Crippen LogP contribution >= 0.6 is 0 Å². The van der Waals surface area contributed by atoms with Gasteiger partial charge in [-0.3, -0.25) is 29.7 Å². The van der Waals surface area contributed by atoms with Gasteiger partial charge in [0.15, 0.2) is 0 Å². The van der Waals surface area contributed by atoms with Crippen molar-refractivity contribution in [3.8, 4) is 39.7 Å². The van der Waals surface area contributed by atoms with E-state index in [4.69, 9.17) is 4.74 Å². The van der Waals surface area contributed by atoms with Crippen LogP contribution in [-0.2, 0) is 4.79 Å². The minimum absolute atomic E-state index is 0.0864. The lowest BCUT2D eigenvalue weighted by Crippen LogP contribution is -2.25. The van der Waals surface area contributed by atoms with Crippen LogP contribution in [0.3, 0.4) is 0 Å². The number of carbonyl (C=O) groups excluding carboxylic acids is 1. The molecule has 1 aliphatic rings. The molecule has 3 N–H and O–H groups in total. The van der Waals surface area contributed by atoms with Gasteiger partial charge in [-0.2, -0.15) is 5.10 Å². The second-order valence-electron chi connectivity index (χ2n) is 10.9. The van der Waals surface area contributed by atoms with Crippen molar-refractivity contribution in [3.63, 3.8) is 0 Å². The number of aromatic nitrogens is 6. The van der Waals surface area contributed by atoms with Gasteiger partial charge in [-0.15, -0.1) is 0 Å². The summed E-state index contributed by atoms with van der Waals surface area (Å²) in [7, 11) is 0. The number of hydrogen-bond donors (Lipinski definition) is 3. The fourth-order valence-corrected chi connectivity index (χ4v) is 5.67. The summed E-state index contributed by atoms with van der Waals surface area (Å²) in [6, 6.07) is 12.4. The van der Waals surface area contributed by atoms with Gasteiger partial charge in [0.05, 0.1) is 40.7 Å². The first-order valence-corrected chi connectivity index (χ1v) is 14.8. The number of carbonyl (C=O) groups is 1. The zero-order valence-corrected chi connectivity index (χ0v) is 24.2. The Kier molecular flexibility index (Phi) is 7.45. The molecule has 10 nitrogen and oxygen atoms in total. The van der Waals surface area contributed by atoms with Crippen LogP contribution in [-0.4, -0.2) is 67.2 Å². The van der Waals surface area contributed by atoms with Crippen LogP contribution in [0, 0.1) is 5.82 Å². The average Bonchev–Trinajstić information content (AvgIpc) is 3.80. The first-order chi connectivity index (χ1) is 21.5. The molecule has 7 rings (SSSR count). The number of halogens is 1. The third kappa shape index (κ3) is 5.61. The molecule has 11 heteroatoms. The molecule has 44 heavy (non-hydrogen) atoms. The number of likely N-dealkylation sites (tertiary alicyclic amines) is 1. The van der Waals surface area contributed by atoms with E-state index in [9.17, 15) is 9.18 Å². The van der Waals surface area contributed by atoms with E-state index in [2.05, 4.69) is 40.3 Å². The zero-order valence-electron chi connectivity index (χ0n) is 24.2. The molecule has 1 aromatic carbocycles. The smallest absolute Gasteiger partial charge is 0.224 e. The van der Waals surface area contributed by atoms with Crippen molar-refractivity contribution < 1.29 is 13.9 Å². The summed E-state index contributed by atoms with van der Waals surface area (Å²) >= 11 is 0. The number of fused-ring (bicyclic) bond motifs is 2. The number of anilines is 1. The number of benzene rings is 1. The molecule has 0 atom stereocenters. The van der Waals surface area contributed by atoms with Crippen LogP contribution in [0.15, 0.2) is 67.3 Å². The van der Waals surface area contributed by atoms with Gasteiger partial charge in [-0.1, -0.05) is 6.92 Å². The summed E-state index contributed by atoms with van der Waals surface area (Å²) in [5.41, 5.74) is 6.45. The Bertz CT molecular complexity index is 1980. The predicted molar refractivity (Wildman–Crippen MR) is 168 cm³/mol. The van der Waals surface area contributed by atoms with Crippen molar-refractivity contribution in [2.24, 2.45) is 0 Å². The maximum atomic E-state index is 14.8. The van der Waals surface area contributed by atoms with Gasteiger partial charge in [0.2, 0.25) is 5.91 Å². The van der Waals surface area contributed by atoms with Crippen molar-refractivity contribution >= 4 is 33.4 Å². The van der Waals surface area contributed by atoms with Gasteiger partial charge < -0.3 is 15.0 Å². The second kappa shape index (κ2) is 11.8. The second-order valence-corrected chi connectivity index (χ2v) is 10.9. The van der Waals surface area contributed by atoms with Crippen LogP contribution in [0.1, 0.15) is 26.2 Å². The molecule has 1 amide bonds. The van der Waals surface area contributed by atoms with E-state index >= 15 is 0 Å². The highest BCUT2D eigenvalue weighted by Crippen LogP contribution is 2.35. The van der Waals surface area contributed by atoms with Gasteiger partial charge in [0, 0.05) is 58.8 Å². The highest BCUT2D eigenvalue weighted by atomic mass is 19.1. The first-order valence-electron chi connectivity index (χ1n) is 14.8. The molecule has 6 heterocycles. The molecule has 1 saturated heterocycles. The van der Waals surface area contributed by atoms with Crippen LogP contribution in [0.25, 0.3) is 55.7 Å². The summed E-state index contributed by atoms with van der Waals surface area (Å²) in [5.74, 6) is 0.0240. The normalized spacial score (nSPS) is 13.6. The molecule has 0 aliphatic carbocycles. The Morgan fingerprint density at radius 2 is 1.84 bits per heavy atom. The molecule has 5 aromatic heterocycles. The number of H-pyrrole nitrogens is 2. The van der Waals surface area contributed by atoms with Crippen molar-refractivity contribution in [1.82, 2.24) is 35.0 Å². The Morgan fingerprint density at radius 3 is 2.70 bits per heavy atom. The molecule has 0 radical (unpaired) electrons. The fraction of sp³-hybridized carbons (Fsp3) is 0.242. The predicted octanol–water partition coefficient (Wildman–Crippen LogP) is 6.19. The van der Waals surface area contributed by atoms with Crippen molar-refractivity contribution in [2.45, 2.75) is 26.2 Å². The highest BCUT2D eigenvalue weighted by Gasteiger charge is 2.17. The summed E-state index contributed by atoms with van der Waals surface area (Å²) in [6.45, 7) is 5.31. The van der Waals surface area contributed by atoms with Gasteiger partial charge in [-0.25, -0.2) is 4.39 Å². The minimum Gasteiger partial charge on any atom is -0.492 e. The van der Waals surface area contributed by atoms with Crippen LogP contribution in [0.5, 0.6) is 5.75 Å². The van der Waals surface area contributed by atoms with E-state index in [0.29, 0.717) is 47.1 Å². The molecule has 6 aromatic rings. The molecule has 0 bridgehead atoms. The van der Waals surface area contributed by atoms with Crippen LogP contribution in [0.2, 0.25) is 0 Å². The minimum atomic E-state index is -0.376. The van der Waals surface area contributed by atoms with E-state index in [1.807, 2.05) is 30.3 Å². The lowest BCUT2D eigenvalue weighted by molar-refractivity contribution is -0.115. The standard InChI is InChI=1S/C33H31FN8O2/c1-2-31(43)38-23-12-21(17-35-18-23)28-15-26-30(19-37-28)40-41-33(26)29-16-25-27(39-29)5-6-36-32(25)20-11-22(34)14-24(13-20)44-10-9-42-7-3-4-8-42/h5-6,11-19,39H,2-4,7-10H2,1H3,(H,38,43)(H,40,41). The third-order valence-electron chi connectivity index (χ3n) is 7.91. The number of ether oxygens (including phenoxy) is 1. The number of nitrogens with one attached hydrogen (secondary N) is 3. The SMILES string of the molecule is CCC(=O)Nc1cncc(-c2cc3c(-c4cc5c(-c6cc(F)cc(OCCN7CCCC7)c6)nccc5[nH]4)n[nH]c3cn2)c1. The van der Waals surface area contributed by atoms with Gasteiger partial charge in [-0.05, 0) is 62.3 Å². The summed E-state index contributed by atoms with van der Waals surface area (Å²) in [6.07, 6.45) is 9.56. The molecule has 0 saturated carbocycles. The largest absolute Gasteiger partial charge is 0.492 e. The van der Waals surface area contributed by atoms with Gasteiger partial charge in [0.25, 0.3) is 0 Å². The lowest BCUT2D eigenvalue weighted by atomic mass is 10.1. The van der Waals surface area contributed by atoms with Gasteiger partial charge >= 0.3 is 0 Å². The lowest BCUT2D eigenvalue weighted by Gasteiger charge is -2.15. The van der Waals surface area contributed by atoms with E-state index in [-0.39, 0.29) is 11.7 Å². The fourth-order valence-electron chi connectivity index (χ4n) is 5.67. The summed E-state index contributed by atoms with van der Waals surface area (Å²) in [5, 5.41) is 12.2. The van der Waals surface area contributed by atoms with Crippen molar-refractivity contribution in [3.05, 3.63) is 73.1 Å². The molecule has 0 unspecified atom stereocenters. The Morgan fingerprint density at radius 1 is 0.977 bits per heavy atom. The average molecular weight is 591 g/mol. The van der Waals surface area contributed by atoms with E-state index in [0.717, 1.165) is 52.7 Å². The highest BCUT2D eigenvalue weighted by molar-refractivity contribution is 6.00. The maximum Gasteiger partial charge on any atom is 0.224 e. The Hall–Kier alpha value is -5.16. The number of rotatable bonds is 9. The number of nitrogens with zero attached hydrogens (tertiary/aromatic N) is 5. The maximum absolute atomic E-state index is 14.8. The summed E-state index contributed by atoms with van der Waals surface area (Å²) in [4.78, 5) is 31.2. The number of hydrogen-bond acceptors (Lipinski definition) is 7. The number of amides is 1. The Balaban J connectivity index is 1.20. The number of pyridine rings is 3. The quantitative estimate of drug-likeness (QED) is 0.183. The zero-order chi connectivity index (χ0) is 30.0. The molecule has 222 valence electrons. The monoisotopic (exact) mass is 590 g/mol. The van der Waals surface area contributed by atoms with E-state index in [1.165, 1.54) is 25.0 Å².